The van der Waals surface area contributed by atoms with Crippen LogP contribution in [0.5, 0.6) is 5.75 Å². The molecule has 1 heterocycles. The smallest absolute Gasteiger partial charge is 0.137 e. The van der Waals surface area contributed by atoms with Crippen molar-refractivity contribution in [3.8, 4) is 23.1 Å². The molecule has 1 aromatic heterocycles. The third-order valence-corrected chi connectivity index (χ3v) is 4.99. The summed E-state index contributed by atoms with van der Waals surface area (Å²) < 4.78 is 5.16. The van der Waals surface area contributed by atoms with E-state index in [9.17, 15) is 5.26 Å². The average Bonchev–Trinajstić information content (AvgIpc) is 3.20. The minimum absolute atomic E-state index is 0.559. The SMILES string of the molecule is COc1ccc(-c2csc(C(C#N)=C3CCCC3)n2)cc1Cl. The standard InChI is InChI=1S/C17H15ClN2OS/c1-21-16-7-6-12(8-14(16)18)15-10-22-17(20-15)13(9-19)11-4-2-3-5-11/h6-8,10H,2-5H2,1H3. The molecule has 3 rings (SSSR count). The number of hydrogen-bond acceptors (Lipinski definition) is 4. The molecule has 0 radical (unpaired) electrons. The fourth-order valence-corrected chi connectivity index (χ4v) is 3.81. The van der Waals surface area contributed by atoms with E-state index >= 15 is 0 Å². The molecule has 1 saturated carbocycles. The molecule has 22 heavy (non-hydrogen) atoms. The number of methoxy groups -OCH3 is 1. The molecule has 1 aliphatic carbocycles. The number of aromatic nitrogens is 1. The first-order chi connectivity index (χ1) is 10.7. The number of allylic oxidation sites excluding steroid dienone is 2. The molecule has 0 aliphatic heterocycles. The van der Waals surface area contributed by atoms with Gasteiger partial charge in [0.05, 0.1) is 23.4 Å². The number of nitriles is 1. The number of ether oxygens (including phenoxy) is 1. The summed E-state index contributed by atoms with van der Waals surface area (Å²) in [6.45, 7) is 0. The van der Waals surface area contributed by atoms with Gasteiger partial charge in [-0.1, -0.05) is 11.6 Å². The van der Waals surface area contributed by atoms with Crippen LogP contribution in [-0.4, -0.2) is 12.1 Å². The van der Waals surface area contributed by atoms with Gasteiger partial charge in [-0.3, -0.25) is 0 Å². The van der Waals surface area contributed by atoms with Crippen molar-refractivity contribution >= 4 is 28.5 Å². The molecule has 0 N–H and O–H groups in total. The molecule has 0 spiro atoms. The van der Waals surface area contributed by atoms with Gasteiger partial charge >= 0.3 is 0 Å². The predicted molar refractivity (Wildman–Crippen MR) is 90.1 cm³/mol. The van der Waals surface area contributed by atoms with Gasteiger partial charge in [-0.25, -0.2) is 4.98 Å². The van der Waals surface area contributed by atoms with Gasteiger partial charge in [0.15, 0.2) is 0 Å². The van der Waals surface area contributed by atoms with E-state index in [1.54, 1.807) is 7.11 Å². The second kappa shape index (κ2) is 6.51. The summed E-state index contributed by atoms with van der Waals surface area (Å²) in [6, 6.07) is 7.94. The van der Waals surface area contributed by atoms with E-state index in [1.807, 2.05) is 23.6 Å². The number of halogens is 1. The van der Waals surface area contributed by atoms with Crippen LogP contribution in [0.25, 0.3) is 16.8 Å². The lowest BCUT2D eigenvalue weighted by molar-refractivity contribution is 0.415. The first kappa shape index (κ1) is 15.1. The largest absolute Gasteiger partial charge is 0.495 e. The van der Waals surface area contributed by atoms with Crippen molar-refractivity contribution in [1.82, 2.24) is 4.98 Å². The lowest BCUT2D eigenvalue weighted by Gasteiger charge is -2.04. The van der Waals surface area contributed by atoms with Crippen molar-refractivity contribution < 1.29 is 4.74 Å². The van der Waals surface area contributed by atoms with Crippen LogP contribution in [0.15, 0.2) is 29.2 Å². The molecule has 3 nitrogen and oxygen atoms in total. The van der Waals surface area contributed by atoms with Crippen molar-refractivity contribution in [2.45, 2.75) is 25.7 Å². The first-order valence-electron chi connectivity index (χ1n) is 7.15. The van der Waals surface area contributed by atoms with E-state index in [0.717, 1.165) is 34.7 Å². The molecule has 112 valence electrons. The molecule has 0 unspecified atom stereocenters. The molecule has 1 fully saturated rings. The molecule has 1 aromatic carbocycles. The monoisotopic (exact) mass is 330 g/mol. The van der Waals surface area contributed by atoms with Gasteiger partial charge < -0.3 is 4.74 Å². The topological polar surface area (TPSA) is 45.9 Å². The van der Waals surface area contributed by atoms with E-state index < -0.39 is 0 Å². The highest BCUT2D eigenvalue weighted by Crippen LogP contribution is 2.35. The Kier molecular flexibility index (Phi) is 4.47. The Balaban J connectivity index is 1.95. The molecule has 0 atom stereocenters. The van der Waals surface area contributed by atoms with Crippen LogP contribution in [0.2, 0.25) is 5.02 Å². The molecule has 2 aromatic rings. The first-order valence-corrected chi connectivity index (χ1v) is 8.40. The minimum atomic E-state index is 0.559. The molecule has 0 bridgehead atoms. The Morgan fingerprint density at radius 3 is 2.77 bits per heavy atom. The molecule has 5 heteroatoms. The zero-order chi connectivity index (χ0) is 15.5. The van der Waals surface area contributed by atoms with Crippen molar-refractivity contribution in [1.29, 1.82) is 5.26 Å². The fraction of sp³-hybridized carbons (Fsp3) is 0.294. The fourth-order valence-electron chi connectivity index (χ4n) is 2.68. The van der Waals surface area contributed by atoms with Gasteiger partial charge in [-0.2, -0.15) is 5.26 Å². The third-order valence-electron chi connectivity index (χ3n) is 3.84. The Morgan fingerprint density at radius 1 is 1.36 bits per heavy atom. The van der Waals surface area contributed by atoms with E-state index in [1.165, 1.54) is 29.8 Å². The summed E-state index contributed by atoms with van der Waals surface area (Å²) in [6.07, 6.45) is 4.39. The Labute approximate surface area is 138 Å². The maximum absolute atomic E-state index is 9.45. The Morgan fingerprint density at radius 2 is 2.14 bits per heavy atom. The number of rotatable bonds is 3. The normalized spacial score (nSPS) is 14.0. The second-order valence-electron chi connectivity index (χ2n) is 5.18. The van der Waals surface area contributed by atoms with Gasteiger partial charge in [0.25, 0.3) is 0 Å². The van der Waals surface area contributed by atoms with Crippen molar-refractivity contribution in [2.24, 2.45) is 0 Å². The molecule has 0 amide bonds. The summed E-state index contributed by atoms with van der Waals surface area (Å²) >= 11 is 7.68. The van der Waals surface area contributed by atoms with Crippen LogP contribution in [0, 0.1) is 11.3 Å². The maximum atomic E-state index is 9.45. The molecular formula is C17H15ClN2OS. The van der Waals surface area contributed by atoms with E-state index in [2.05, 4.69) is 11.1 Å². The Hall–Kier alpha value is -1.83. The molecule has 0 saturated heterocycles. The van der Waals surface area contributed by atoms with Crippen LogP contribution >= 0.6 is 22.9 Å². The zero-order valence-electron chi connectivity index (χ0n) is 12.2. The van der Waals surface area contributed by atoms with Gasteiger partial charge in [0.2, 0.25) is 0 Å². The summed E-state index contributed by atoms with van der Waals surface area (Å²) in [7, 11) is 1.59. The van der Waals surface area contributed by atoms with E-state index in [0.29, 0.717) is 10.8 Å². The highest BCUT2D eigenvalue weighted by atomic mass is 35.5. The lowest BCUT2D eigenvalue weighted by atomic mass is 10.1. The van der Waals surface area contributed by atoms with Crippen LogP contribution in [-0.2, 0) is 0 Å². The van der Waals surface area contributed by atoms with Crippen LogP contribution in [0.1, 0.15) is 30.7 Å². The second-order valence-corrected chi connectivity index (χ2v) is 6.45. The zero-order valence-corrected chi connectivity index (χ0v) is 13.8. The van der Waals surface area contributed by atoms with Crippen molar-refractivity contribution in [2.75, 3.05) is 7.11 Å². The van der Waals surface area contributed by atoms with Crippen LogP contribution in [0.4, 0.5) is 0 Å². The van der Waals surface area contributed by atoms with Gasteiger partial charge in [0.1, 0.15) is 16.8 Å². The molecular weight excluding hydrogens is 316 g/mol. The van der Waals surface area contributed by atoms with E-state index in [4.69, 9.17) is 16.3 Å². The number of thiazole rings is 1. The minimum Gasteiger partial charge on any atom is -0.495 e. The summed E-state index contributed by atoms with van der Waals surface area (Å²) in [5.74, 6) is 0.645. The number of nitrogens with zero attached hydrogens (tertiary/aromatic N) is 2. The quantitative estimate of drug-likeness (QED) is 0.715. The summed E-state index contributed by atoms with van der Waals surface area (Å²) in [4.78, 5) is 4.63. The van der Waals surface area contributed by atoms with E-state index in [-0.39, 0.29) is 0 Å². The highest BCUT2D eigenvalue weighted by Gasteiger charge is 2.17. The number of hydrogen-bond donors (Lipinski definition) is 0. The van der Waals surface area contributed by atoms with Crippen LogP contribution < -0.4 is 4.74 Å². The van der Waals surface area contributed by atoms with Crippen molar-refractivity contribution in [3.63, 3.8) is 0 Å². The summed E-state index contributed by atoms with van der Waals surface area (Å²) in [5, 5.41) is 12.8. The maximum Gasteiger partial charge on any atom is 0.137 e. The van der Waals surface area contributed by atoms with Crippen LogP contribution in [0.3, 0.4) is 0 Å². The van der Waals surface area contributed by atoms with Gasteiger partial charge in [-0.05, 0) is 49.5 Å². The number of benzene rings is 1. The highest BCUT2D eigenvalue weighted by molar-refractivity contribution is 7.11. The van der Waals surface area contributed by atoms with Crippen molar-refractivity contribution in [3.05, 3.63) is 39.2 Å². The van der Waals surface area contributed by atoms with Gasteiger partial charge in [0, 0.05) is 10.9 Å². The Bertz CT molecular complexity index is 765. The lowest BCUT2D eigenvalue weighted by Crippen LogP contribution is -1.88. The molecule has 1 aliphatic rings. The summed E-state index contributed by atoms with van der Waals surface area (Å²) in [5.41, 5.74) is 3.78. The predicted octanol–water partition coefficient (Wildman–Crippen LogP) is 5.32. The average molecular weight is 331 g/mol. The third kappa shape index (κ3) is 2.87. The van der Waals surface area contributed by atoms with Gasteiger partial charge in [-0.15, -0.1) is 11.3 Å².